The van der Waals surface area contributed by atoms with E-state index in [4.69, 9.17) is 33.0 Å². The average molecular weight is 357 g/mol. The summed E-state index contributed by atoms with van der Waals surface area (Å²) in [6.45, 7) is 0.367. The Morgan fingerprint density at radius 3 is 3.00 bits per heavy atom. The van der Waals surface area contributed by atoms with Crippen molar-refractivity contribution in [1.29, 1.82) is 0 Å². The second-order valence-electron chi connectivity index (χ2n) is 5.31. The Balaban J connectivity index is 1.95. The molecule has 2 aromatic rings. The Bertz CT molecular complexity index is 710. The SMILES string of the molecule is O=C(O)N[C@H]1CC[C@](Cn2cncn2)(c2ccc(Cl)cc2Cl)O1. The molecular formula is C14H14Cl2N4O3. The Morgan fingerprint density at radius 2 is 2.35 bits per heavy atom. The number of ether oxygens (including phenoxy) is 1. The number of hydrogen-bond donors (Lipinski definition) is 2. The number of benzene rings is 1. The lowest BCUT2D eigenvalue weighted by molar-refractivity contribution is -0.0676. The molecule has 0 radical (unpaired) electrons. The molecule has 1 aromatic carbocycles. The van der Waals surface area contributed by atoms with E-state index < -0.39 is 17.9 Å². The number of carboxylic acid groups (broad SMARTS) is 1. The van der Waals surface area contributed by atoms with Crippen molar-refractivity contribution in [1.82, 2.24) is 20.1 Å². The molecule has 1 aromatic heterocycles. The van der Waals surface area contributed by atoms with Gasteiger partial charge in [-0.3, -0.25) is 5.32 Å². The zero-order chi connectivity index (χ0) is 16.4. The van der Waals surface area contributed by atoms with Crippen LogP contribution in [0.5, 0.6) is 0 Å². The summed E-state index contributed by atoms with van der Waals surface area (Å²) in [7, 11) is 0. The third-order valence-corrected chi connectivity index (χ3v) is 4.32. The first-order valence-corrected chi connectivity index (χ1v) is 7.69. The number of amides is 1. The molecule has 3 rings (SSSR count). The lowest BCUT2D eigenvalue weighted by Gasteiger charge is -2.30. The molecule has 2 heterocycles. The van der Waals surface area contributed by atoms with Gasteiger partial charge in [0.1, 0.15) is 24.5 Å². The summed E-state index contributed by atoms with van der Waals surface area (Å²) < 4.78 is 7.66. The number of aromatic nitrogens is 3. The van der Waals surface area contributed by atoms with E-state index in [0.29, 0.717) is 29.4 Å². The molecule has 1 aliphatic heterocycles. The van der Waals surface area contributed by atoms with E-state index in [9.17, 15) is 4.79 Å². The van der Waals surface area contributed by atoms with Crippen LogP contribution >= 0.6 is 23.2 Å². The van der Waals surface area contributed by atoms with Gasteiger partial charge in [-0.1, -0.05) is 29.3 Å². The summed E-state index contributed by atoms with van der Waals surface area (Å²) in [4.78, 5) is 14.8. The van der Waals surface area contributed by atoms with Crippen LogP contribution in [0.4, 0.5) is 4.79 Å². The first-order valence-electron chi connectivity index (χ1n) is 6.94. The van der Waals surface area contributed by atoms with Crippen molar-refractivity contribution in [3.05, 3.63) is 46.5 Å². The molecule has 0 saturated carbocycles. The third-order valence-electron chi connectivity index (χ3n) is 3.77. The van der Waals surface area contributed by atoms with Crippen LogP contribution in [-0.4, -0.2) is 32.2 Å². The van der Waals surface area contributed by atoms with Crippen LogP contribution < -0.4 is 5.32 Å². The summed E-state index contributed by atoms with van der Waals surface area (Å²) >= 11 is 12.3. The predicted octanol–water partition coefficient (Wildman–Crippen LogP) is 2.88. The minimum atomic E-state index is -1.13. The molecule has 7 nitrogen and oxygen atoms in total. The van der Waals surface area contributed by atoms with E-state index in [-0.39, 0.29) is 0 Å². The van der Waals surface area contributed by atoms with Gasteiger partial charge in [0.25, 0.3) is 0 Å². The number of nitrogens with one attached hydrogen (secondary N) is 1. The molecule has 0 aliphatic carbocycles. The molecule has 0 spiro atoms. The summed E-state index contributed by atoms with van der Waals surface area (Å²) in [6.07, 6.45) is 2.38. The molecule has 1 saturated heterocycles. The normalized spacial score (nSPS) is 23.8. The Kier molecular flexibility index (Phi) is 4.43. The van der Waals surface area contributed by atoms with E-state index in [1.807, 2.05) is 0 Å². The minimum Gasteiger partial charge on any atom is -0.465 e. The van der Waals surface area contributed by atoms with Crippen molar-refractivity contribution >= 4 is 29.3 Å². The van der Waals surface area contributed by atoms with Crippen LogP contribution in [0.15, 0.2) is 30.9 Å². The molecule has 122 valence electrons. The molecule has 1 amide bonds. The van der Waals surface area contributed by atoms with Crippen molar-refractivity contribution < 1.29 is 14.6 Å². The van der Waals surface area contributed by atoms with Gasteiger partial charge in [0.05, 0.1) is 6.54 Å². The molecule has 1 aliphatic rings. The first-order chi connectivity index (χ1) is 11.0. The zero-order valence-corrected chi connectivity index (χ0v) is 13.5. The number of hydrogen-bond acceptors (Lipinski definition) is 4. The maximum atomic E-state index is 10.9. The Labute approximate surface area is 142 Å². The molecule has 2 N–H and O–H groups in total. The topological polar surface area (TPSA) is 89.3 Å². The van der Waals surface area contributed by atoms with Crippen molar-refractivity contribution in [2.75, 3.05) is 0 Å². The van der Waals surface area contributed by atoms with Crippen molar-refractivity contribution in [2.45, 2.75) is 31.2 Å². The van der Waals surface area contributed by atoms with Gasteiger partial charge in [-0.2, -0.15) is 5.10 Å². The average Bonchev–Trinajstić information content (AvgIpc) is 3.09. The largest absolute Gasteiger partial charge is 0.465 e. The van der Waals surface area contributed by atoms with Gasteiger partial charge in [-0.25, -0.2) is 14.5 Å². The summed E-state index contributed by atoms with van der Waals surface area (Å²) in [6, 6.07) is 5.17. The fourth-order valence-electron chi connectivity index (χ4n) is 2.83. The minimum absolute atomic E-state index is 0.367. The standard InChI is InChI=1S/C14H14Cl2N4O3/c15-9-1-2-10(11(16)5-9)14(6-20-8-17-7-18-20)4-3-12(23-14)19-13(21)22/h1-2,5,7-8,12,19H,3-4,6H2,(H,21,22)/t12-,14+/m1/s1. The van der Waals surface area contributed by atoms with Crippen molar-refractivity contribution in [3.8, 4) is 0 Å². The first kappa shape index (κ1) is 16.0. The van der Waals surface area contributed by atoms with E-state index in [0.717, 1.165) is 5.56 Å². The highest BCUT2D eigenvalue weighted by Crippen LogP contribution is 2.43. The monoisotopic (exact) mass is 356 g/mol. The highest BCUT2D eigenvalue weighted by atomic mass is 35.5. The molecule has 23 heavy (non-hydrogen) atoms. The van der Waals surface area contributed by atoms with E-state index in [1.165, 1.54) is 6.33 Å². The molecule has 9 heteroatoms. The van der Waals surface area contributed by atoms with Gasteiger partial charge in [0.15, 0.2) is 0 Å². The maximum absolute atomic E-state index is 10.9. The summed E-state index contributed by atoms with van der Waals surface area (Å²) in [5.74, 6) is 0. The second-order valence-corrected chi connectivity index (χ2v) is 6.15. The fourth-order valence-corrected chi connectivity index (χ4v) is 3.41. The number of rotatable bonds is 4. The van der Waals surface area contributed by atoms with Crippen LogP contribution in [0, 0.1) is 0 Å². The van der Waals surface area contributed by atoms with Gasteiger partial charge in [-0.05, 0) is 25.0 Å². The smallest absolute Gasteiger partial charge is 0.406 e. The van der Waals surface area contributed by atoms with Crippen LogP contribution in [0.1, 0.15) is 18.4 Å². The maximum Gasteiger partial charge on any atom is 0.406 e. The van der Waals surface area contributed by atoms with Crippen LogP contribution in [0.3, 0.4) is 0 Å². The second kappa shape index (κ2) is 6.35. The van der Waals surface area contributed by atoms with E-state index in [1.54, 1.807) is 29.2 Å². The zero-order valence-electron chi connectivity index (χ0n) is 11.9. The number of nitrogens with zero attached hydrogens (tertiary/aromatic N) is 3. The Morgan fingerprint density at radius 1 is 1.52 bits per heavy atom. The van der Waals surface area contributed by atoms with Gasteiger partial charge < -0.3 is 9.84 Å². The van der Waals surface area contributed by atoms with Gasteiger partial charge in [0.2, 0.25) is 0 Å². The summed E-state index contributed by atoms with van der Waals surface area (Å²) in [5, 5.41) is 16.3. The van der Waals surface area contributed by atoms with Crippen molar-refractivity contribution in [2.24, 2.45) is 0 Å². The predicted molar refractivity (Wildman–Crippen MR) is 83.4 cm³/mol. The van der Waals surface area contributed by atoms with E-state index in [2.05, 4.69) is 15.4 Å². The highest BCUT2D eigenvalue weighted by Gasteiger charge is 2.44. The summed E-state index contributed by atoms with van der Waals surface area (Å²) in [5.41, 5.74) is -0.0589. The van der Waals surface area contributed by atoms with E-state index >= 15 is 0 Å². The van der Waals surface area contributed by atoms with Gasteiger partial charge >= 0.3 is 6.09 Å². The van der Waals surface area contributed by atoms with Gasteiger partial charge in [0, 0.05) is 15.6 Å². The molecule has 2 atom stereocenters. The number of halogens is 2. The number of carbonyl (C=O) groups is 1. The van der Waals surface area contributed by atoms with Crippen LogP contribution in [0.25, 0.3) is 0 Å². The highest BCUT2D eigenvalue weighted by molar-refractivity contribution is 6.35. The van der Waals surface area contributed by atoms with Crippen LogP contribution in [-0.2, 0) is 16.9 Å². The quantitative estimate of drug-likeness (QED) is 0.878. The van der Waals surface area contributed by atoms with Crippen molar-refractivity contribution in [3.63, 3.8) is 0 Å². The molecule has 1 fully saturated rings. The Hall–Kier alpha value is -1.83. The fraction of sp³-hybridized carbons (Fsp3) is 0.357. The molecule has 0 bridgehead atoms. The lowest BCUT2D eigenvalue weighted by atomic mass is 9.90. The van der Waals surface area contributed by atoms with Gasteiger partial charge in [-0.15, -0.1) is 0 Å². The third kappa shape index (κ3) is 3.41. The van der Waals surface area contributed by atoms with Crippen LogP contribution in [0.2, 0.25) is 10.0 Å². The molecule has 0 unspecified atom stereocenters. The lowest BCUT2D eigenvalue weighted by Crippen LogP contribution is -2.38. The molecular weight excluding hydrogens is 343 g/mol.